The molecule has 1 aromatic rings. The molecule has 1 aliphatic carbocycles. The maximum Gasteiger partial charge on any atom is 0.130 e. The fourth-order valence-corrected chi connectivity index (χ4v) is 2.73. The van der Waals surface area contributed by atoms with Crippen LogP contribution in [0, 0.1) is 12.3 Å². The van der Waals surface area contributed by atoms with Gasteiger partial charge >= 0.3 is 0 Å². The summed E-state index contributed by atoms with van der Waals surface area (Å²) in [5.74, 6) is 1.61. The maximum absolute atomic E-state index is 10.7. The topological polar surface area (TPSA) is 58.0 Å². The van der Waals surface area contributed by atoms with Crippen LogP contribution >= 0.6 is 0 Å². The zero-order valence-corrected chi connectivity index (χ0v) is 13.2. The minimum atomic E-state index is -0.596. The van der Waals surface area contributed by atoms with E-state index in [2.05, 4.69) is 36.1 Å². The summed E-state index contributed by atoms with van der Waals surface area (Å²) in [5, 5.41) is 14.0. The predicted octanol–water partition coefficient (Wildman–Crippen LogP) is 3.09. The van der Waals surface area contributed by atoms with Crippen LogP contribution in [-0.2, 0) is 6.42 Å². The Morgan fingerprint density at radius 1 is 1.20 bits per heavy atom. The van der Waals surface area contributed by atoms with E-state index in [1.807, 2.05) is 13.0 Å². The largest absolute Gasteiger partial charge is 0.388 e. The number of aryl methyl sites for hydroxylation is 2. The molecule has 0 aliphatic heterocycles. The third-order valence-electron chi connectivity index (χ3n) is 4.39. The van der Waals surface area contributed by atoms with E-state index < -0.39 is 5.60 Å². The Balaban J connectivity index is 1.97. The molecule has 1 heterocycles. The number of nitrogens with one attached hydrogen (secondary N) is 1. The molecule has 112 valence electrons. The minimum absolute atomic E-state index is 0.368. The number of hydrogen-bond donors (Lipinski definition) is 2. The molecular formula is C16H27N3O. The molecule has 20 heavy (non-hydrogen) atoms. The van der Waals surface area contributed by atoms with Crippen molar-refractivity contribution in [2.45, 2.75) is 65.4 Å². The first-order chi connectivity index (χ1) is 9.32. The zero-order valence-electron chi connectivity index (χ0n) is 13.2. The van der Waals surface area contributed by atoms with Crippen molar-refractivity contribution >= 4 is 5.82 Å². The average Bonchev–Trinajstić information content (AvgIpc) is 2.40. The number of aliphatic hydroxyl groups is 1. The molecule has 0 amide bonds. The highest BCUT2D eigenvalue weighted by Gasteiger charge is 2.36. The van der Waals surface area contributed by atoms with Gasteiger partial charge in [-0.25, -0.2) is 9.97 Å². The average molecular weight is 277 g/mol. The van der Waals surface area contributed by atoms with Gasteiger partial charge in [0.25, 0.3) is 0 Å². The summed E-state index contributed by atoms with van der Waals surface area (Å²) >= 11 is 0. The zero-order chi connectivity index (χ0) is 14.8. The minimum Gasteiger partial charge on any atom is -0.388 e. The predicted molar refractivity (Wildman–Crippen MR) is 81.8 cm³/mol. The monoisotopic (exact) mass is 277 g/mol. The van der Waals surface area contributed by atoms with E-state index in [1.165, 1.54) is 0 Å². The molecule has 0 spiro atoms. The summed E-state index contributed by atoms with van der Waals surface area (Å²) in [4.78, 5) is 8.76. The molecule has 0 atom stereocenters. The first-order valence-electron chi connectivity index (χ1n) is 7.63. The second-order valence-corrected chi connectivity index (χ2v) is 6.89. The highest BCUT2D eigenvalue weighted by atomic mass is 16.3. The smallest absolute Gasteiger partial charge is 0.130 e. The third-order valence-corrected chi connectivity index (χ3v) is 4.39. The Kier molecular flexibility index (Phi) is 4.33. The Morgan fingerprint density at radius 3 is 2.45 bits per heavy atom. The van der Waals surface area contributed by atoms with Gasteiger partial charge in [-0.05, 0) is 44.4 Å². The molecule has 4 nitrogen and oxygen atoms in total. The number of hydrogen-bond acceptors (Lipinski definition) is 4. The summed E-state index contributed by atoms with van der Waals surface area (Å²) < 4.78 is 0. The fraction of sp³-hybridized carbons (Fsp3) is 0.750. The van der Waals surface area contributed by atoms with E-state index in [9.17, 15) is 5.11 Å². The summed E-state index contributed by atoms with van der Waals surface area (Å²) in [7, 11) is 0. The Hall–Kier alpha value is -1.16. The number of nitrogens with zero attached hydrogens (tertiary/aromatic N) is 2. The van der Waals surface area contributed by atoms with Crippen molar-refractivity contribution in [2.75, 3.05) is 11.9 Å². The van der Waals surface area contributed by atoms with Crippen LogP contribution in [0.5, 0.6) is 0 Å². The highest BCUT2D eigenvalue weighted by Crippen LogP contribution is 2.40. The number of rotatable bonds is 4. The van der Waals surface area contributed by atoms with Crippen LogP contribution in [0.4, 0.5) is 5.82 Å². The molecule has 0 saturated heterocycles. The quantitative estimate of drug-likeness (QED) is 0.888. The van der Waals surface area contributed by atoms with Crippen LogP contribution < -0.4 is 5.32 Å². The SMILES string of the molecule is CCc1cc(NCC2(O)CCC(C)(C)CC2)nc(C)n1. The van der Waals surface area contributed by atoms with Crippen molar-refractivity contribution in [3.8, 4) is 0 Å². The lowest BCUT2D eigenvalue weighted by Gasteiger charge is -2.40. The number of aromatic nitrogens is 2. The first-order valence-corrected chi connectivity index (χ1v) is 7.63. The van der Waals surface area contributed by atoms with Crippen LogP contribution in [0.15, 0.2) is 6.07 Å². The van der Waals surface area contributed by atoms with Crippen molar-refractivity contribution in [3.63, 3.8) is 0 Å². The molecular weight excluding hydrogens is 250 g/mol. The van der Waals surface area contributed by atoms with E-state index >= 15 is 0 Å². The van der Waals surface area contributed by atoms with Gasteiger partial charge in [-0.15, -0.1) is 0 Å². The Labute approximate surface area is 122 Å². The van der Waals surface area contributed by atoms with E-state index in [4.69, 9.17) is 0 Å². The molecule has 2 rings (SSSR count). The molecule has 0 aromatic carbocycles. The maximum atomic E-state index is 10.7. The van der Waals surface area contributed by atoms with E-state index in [-0.39, 0.29) is 0 Å². The molecule has 2 N–H and O–H groups in total. The fourth-order valence-electron chi connectivity index (χ4n) is 2.73. The molecule has 1 saturated carbocycles. The van der Waals surface area contributed by atoms with Crippen molar-refractivity contribution < 1.29 is 5.11 Å². The van der Waals surface area contributed by atoms with Crippen molar-refractivity contribution in [1.29, 1.82) is 0 Å². The summed E-state index contributed by atoms with van der Waals surface area (Å²) in [5.41, 5.74) is 0.810. The lowest BCUT2D eigenvalue weighted by atomic mass is 9.71. The molecule has 0 bridgehead atoms. The Morgan fingerprint density at radius 2 is 1.85 bits per heavy atom. The molecule has 0 unspecified atom stereocenters. The van der Waals surface area contributed by atoms with Crippen LogP contribution in [0.25, 0.3) is 0 Å². The standard InChI is InChI=1S/C16H27N3O/c1-5-13-10-14(19-12(2)18-13)17-11-16(20)8-6-15(3,4)7-9-16/h10,20H,5-9,11H2,1-4H3,(H,17,18,19). The number of anilines is 1. The van der Waals surface area contributed by atoms with Crippen molar-refractivity contribution in [2.24, 2.45) is 5.41 Å². The van der Waals surface area contributed by atoms with Gasteiger partial charge in [0.2, 0.25) is 0 Å². The normalized spacial score (nSPS) is 20.6. The third kappa shape index (κ3) is 3.92. The van der Waals surface area contributed by atoms with Gasteiger partial charge in [0.1, 0.15) is 11.6 Å². The Bertz CT molecular complexity index is 461. The van der Waals surface area contributed by atoms with Gasteiger partial charge in [0, 0.05) is 18.3 Å². The summed E-state index contributed by atoms with van der Waals surface area (Å²) in [6, 6.07) is 1.98. The lowest BCUT2D eigenvalue weighted by molar-refractivity contribution is -0.0145. The van der Waals surface area contributed by atoms with Crippen molar-refractivity contribution in [1.82, 2.24) is 9.97 Å². The lowest BCUT2D eigenvalue weighted by Crippen LogP contribution is -2.42. The highest BCUT2D eigenvalue weighted by molar-refractivity contribution is 5.36. The first kappa shape index (κ1) is 15.2. The summed E-state index contributed by atoms with van der Waals surface area (Å²) in [6.07, 6.45) is 4.77. The van der Waals surface area contributed by atoms with Gasteiger partial charge in [0.05, 0.1) is 5.60 Å². The van der Waals surface area contributed by atoms with Gasteiger partial charge in [-0.3, -0.25) is 0 Å². The van der Waals surface area contributed by atoms with Gasteiger partial charge in [-0.1, -0.05) is 20.8 Å². The van der Waals surface area contributed by atoms with Crippen LogP contribution in [0.1, 0.15) is 58.0 Å². The van der Waals surface area contributed by atoms with Gasteiger partial charge in [0.15, 0.2) is 0 Å². The molecule has 1 aliphatic rings. The molecule has 4 heteroatoms. The van der Waals surface area contributed by atoms with E-state index in [0.29, 0.717) is 12.0 Å². The summed E-state index contributed by atoms with van der Waals surface area (Å²) in [6.45, 7) is 9.12. The van der Waals surface area contributed by atoms with Gasteiger partial charge in [-0.2, -0.15) is 0 Å². The second kappa shape index (κ2) is 5.68. The second-order valence-electron chi connectivity index (χ2n) is 6.89. The molecule has 1 aromatic heterocycles. The molecule has 0 radical (unpaired) electrons. The van der Waals surface area contributed by atoms with Crippen LogP contribution in [-0.4, -0.2) is 27.2 Å². The van der Waals surface area contributed by atoms with Crippen LogP contribution in [0.2, 0.25) is 0 Å². The van der Waals surface area contributed by atoms with Gasteiger partial charge < -0.3 is 10.4 Å². The van der Waals surface area contributed by atoms with Crippen LogP contribution in [0.3, 0.4) is 0 Å². The van der Waals surface area contributed by atoms with Crippen molar-refractivity contribution in [3.05, 3.63) is 17.6 Å². The van der Waals surface area contributed by atoms with E-state index in [0.717, 1.165) is 49.4 Å². The molecule has 1 fully saturated rings. The van der Waals surface area contributed by atoms with E-state index in [1.54, 1.807) is 0 Å².